The van der Waals surface area contributed by atoms with Gasteiger partial charge in [0.25, 0.3) is 5.91 Å². The molecule has 0 unspecified atom stereocenters. The highest BCUT2D eigenvalue weighted by molar-refractivity contribution is 7.90. The number of carbonyl (C=O) groups excluding carboxylic acids is 1. The molecule has 1 amide bonds. The summed E-state index contributed by atoms with van der Waals surface area (Å²) in [4.78, 5) is 19.5. The molecule has 2 N–H and O–H groups in total. The van der Waals surface area contributed by atoms with E-state index in [2.05, 4.69) is 30.5 Å². The van der Waals surface area contributed by atoms with Crippen LogP contribution in [0.2, 0.25) is 0 Å². The van der Waals surface area contributed by atoms with Crippen LogP contribution in [0, 0.1) is 6.92 Å². The van der Waals surface area contributed by atoms with Crippen LogP contribution in [0.4, 0.5) is 0 Å². The fourth-order valence-electron chi connectivity index (χ4n) is 4.39. The number of amides is 1. The highest BCUT2D eigenvalue weighted by atomic mass is 32.2. The van der Waals surface area contributed by atoms with Gasteiger partial charge in [0.05, 0.1) is 11.4 Å². The van der Waals surface area contributed by atoms with Gasteiger partial charge < -0.3 is 10.2 Å². The zero-order valence-electron chi connectivity index (χ0n) is 19.5. The summed E-state index contributed by atoms with van der Waals surface area (Å²) in [5, 5.41) is 14.8. The number of fused-ring (bicyclic) bond motifs is 1. The molecule has 4 heterocycles. The number of aryl methyl sites for hydroxylation is 1. The number of carbonyl (C=O) groups is 1. The zero-order valence-corrected chi connectivity index (χ0v) is 20.3. The third-order valence-electron chi connectivity index (χ3n) is 6.15. The van der Waals surface area contributed by atoms with Gasteiger partial charge in [-0.1, -0.05) is 13.8 Å². The first kappa shape index (κ1) is 23.4. The Hall–Kier alpha value is -2.79. The molecule has 1 fully saturated rings. The Morgan fingerprint density at radius 1 is 1.30 bits per heavy atom. The van der Waals surface area contributed by atoms with Gasteiger partial charge in [0.15, 0.2) is 11.3 Å². The molecular formula is C22H31N7O3S. The summed E-state index contributed by atoms with van der Waals surface area (Å²) in [5.74, 6) is 0.0657. The zero-order chi connectivity index (χ0) is 23.8. The van der Waals surface area contributed by atoms with Crippen LogP contribution in [-0.2, 0) is 9.84 Å². The van der Waals surface area contributed by atoms with E-state index in [1.807, 2.05) is 33.0 Å². The molecule has 10 nitrogen and oxygen atoms in total. The Balaban J connectivity index is 1.48. The average Bonchev–Trinajstić information content (AvgIpc) is 3.40. The van der Waals surface area contributed by atoms with Crippen molar-refractivity contribution in [2.75, 3.05) is 31.6 Å². The molecule has 11 heteroatoms. The predicted molar refractivity (Wildman–Crippen MR) is 126 cm³/mol. The molecule has 1 aliphatic heterocycles. The molecule has 178 valence electrons. The van der Waals surface area contributed by atoms with E-state index in [9.17, 15) is 13.2 Å². The molecule has 0 aliphatic carbocycles. The van der Waals surface area contributed by atoms with E-state index in [1.54, 1.807) is 4.52 Å². The molecule has 4 rings (SSSR count). The number of pyridine rings is 1. The quantitative estimate of drug-likeness (QED) is 0.536. The Morgan fingerprint density at radius 3 is 2.70 bits per heavy atom. The van der Waals surface area contributed by atoms with Crippen molar-refractivity contribution in [2.45, 2.75) is 45.6 Å². The van der Waals surface area contributed by atoms with Crippen molar-refractivity contribution in [1.82, 2.24) is 35.0 Å². The normalized spacial score (nSPS) is 16.0. The molecule has 0 radical (unpaired) electrons. The number of nitrogens with one attached hydrogen (secondary N) is 2. The number of aromatic amines is 1. The fourth-order valence-corrected chi connectivity index (χ4v) is 4.98. The number of nitrogens with zero attached hydrogens (tertiary/aromatic N) is 5. The van der Waals surface area contributed by atoms with E-state index >= 15 is 0 Å². The van der Waals surface area contributed by atoms with Crippen LogP contribution >= 0.6 is 0 Å². The minimum atomic E-state index is -2.97. The first-order valence-corrected chi connectivity index (χ1v) is 13.3. The summed E-state index contributed by atoms with van der Waals surface area (Å²) in [6.45, 7) is 8.14. The van der Waals surface area contributed by atoms with Crippen LogP contribution in [0.3, 0.4) is 0 Å². The first-order valence-electron chi connectivity index (χ1n) is 11.2. The van der Waals surface area contributed by atoms with Crippen LogP contribution in [0.5, 0.6) is 0 Å². The van der Waals surface area contributed by atoms with Crippen molar-refractivity contribution in [3.05, 3.63) is 35.4 Å². The number of aromatic nitrogens is 5. The largest absolute Gasteiger partial charge is 0.348 e. The van der Waals surface area contributed by atoms with Gasteiger partial charge in [-0.3, -0.25) is 9.89 Å². The smallest absolute Gasteiger partial charge is 0.272 e. The summed E-state index contributed by atoms with van der Waals surface area (Å²) in [6, 6.07) is 2.07. The number of likely N-dealkylation sites (tertiary alicyclic amines) is 1. The number of hydrogen-bond donors (Lipinski definition) is 2. The lowest BCUT2D eigenvalue weighted by Crippen LogP contribution is -2.45. The van der Waals surface area contributed by atoms with Gasteiger partial charge in [0, 0.05) is 49.3 Å². The van der Waals surface area contributed by atoms with Crippen molar-refractivity contribution < 1.29 is 13.2 Å². The monoisotopic (exact) mass is 473 g/mol. The summed E-state index contributed by atoms with van der Waals surface area (Å²) in [5.41, 5.74) is 4.78. The molecule has 0 saturated carbocycles. The Morgan fingerprint density at radius 2 is 2.03 bits per heavy atom. The minimum absolute atomic E-state index is 0.0425. The van der Waals surface area contributed by atoms with Gasteiger partial charge >= 0.3 is 0 Å². The lowest BCUT2D eigenvalue weighted by atomic mass is 9.96. The second-order valence-corrected chi connectivity index (χ2v) is 11.4. The molecule has 33 heavy (non-hydrogen) atoms. The highest BCUT2D eigenvalue weighted by Gasteiger charge is 2.27. The maximum Gasteiger partial charge on any atom is 0.272 e. The van der Waals surface area contributed by atoms with Gasteiger partial charge in [-0.05, 0) is 37.3 Å². The minimum Gasteiger partial charge on any atom is -0.348 e. The van der Waals surface area contributed by atoms with Gasteiger partial charge in [-0.2, -0.15) is 10.2 Å². The first-order chi connectivity index (χ1) is 15.6. The number of piperidine rings is 1. The molecule has 0 spiro atoms. The standard InChI is InChI=1S/C22H31N7O3S/c1-14(2)18-19(16-11-15(3)21-23-13-24-29(21)12-16)26-27-20(18)22(30)25-17-5-7-28(8-6-17)9-10-33(4,31)32/h11-14,17H,5-10H2,1-4H3,(H,25,30)(H,26,27). The maximum absolute atomic E-state index is 13.1. The van der Waals surface area contributed by atoms with Crippen LogP contribution in [0.15, 0.2) is 18.6 Å². The van der Waals surface area contributed by atoms with E-state index in [-0.39, 0.29) is 23.6 Å². The van der Waals surface area contributed by atoms with Gasteiger partial charge in [-0.25, -0.2) is 17.9 Å². The molecule has 0 aromatic carbocycles. The molecule has 1 saturated heterocycles. The SMILES string of the molecule is Cc1cc(-c2[nH]nc(C(=O)NC3CCN(CCS(C)(=O)=O)CC3)c2C(C)C)cn2ncnc12. The van der Waals surface area contributed by atoms with Crippen molar-refractivity contribution in [2.24, 2.45) is 0 Å². The second kappa shape index (κ2) is 9.22. The molecule has 1 aliphatic rings. The van der Waals surface area contributed by atoms with Crippen LogP contribution in [-0.4, -0.2) is 81.7 Å². The van der Waals surface area contributed by atoms with Crippen molar-refractivity contribution in [3.63, 3.8) is 0 Å². The summed E-state index contributed by atoms with van der Waals surface area (Å²) in [6.07, 6.45) is 6.24. The fraction of sp³-hybridized carbons (Fsp3) is 0.545. The van der Waals surface area contributed by atoms with Crippen molar-refractivity contribution >= 4 is 21.4 Å². The highest BCUT2D eigenvalue weighted by Crippen LogP contribution is 2.31. The van der Waals surface area contributed by atoms with E-state index in [4.69, 9.17) is 0 Å². The molecular weight excluding hydrogens is 442 g/mol. The lowest BCUT2D eigenvalue weighted by Gasteiger charge is -2.32. The topological polar surface area (TPSA) is 125 Å². The van der Waals surface area contributed by atoms with Gasteiger partial charge in [-0.15, -0.1) is 0 Å². The number of hydrogen-bond acceptors (Lipinski definition) is 7. The van der Waals surface area contributed by atoms with Crippen LogP contribution in [0.25, 0.3) is 16.9 Å². The third-order valence-corrected chi connectivity index (χ3v) is 7.07. The van der Waals surface area contributed by atoms with Gasteiger partial charge in [0.1, 0.15) is 16.2 Å². The molecule has 0 bridgehead atoms. The van der Waals surface area contributed by atoms with E-state index in [0.29, 0.717) is 12.2 Å². The Kier molecular flexibility index (Phi) is 6.53. The van der Waals surface area contributed by atoms with Crippen LogP contribution < -0.4 is 5.32 Å². The number of rotatable bonds is 7. The summed E-state index contributed by atoms with van der Waals surface area (Å²) in [7, 11) is -2.97. The van der Waals surface area contributed by atoms with Crippen LogP contribution in [0.1, 0.15) is 54.2 Å². The van der Waals surface area contributed by atoms with Crippen molar-refractivity contribution in [3.8, 4) is 11.3 Å². The van der Waals surface area contributed by atoms with E-state index < -0.39 is 9.84 Å². The van der Waals surface area contributed by atoms with Gasteiger partial charge in [0.2, 0.25) is 0 Å². The average molecular weight is 474 g/mol. The van der Waals surface area contributed by atoms with Crippen molar-refractivity contribution in [1.29, 1.82) is 0 Å². The Bertz CT molecular complexity index is 1250. The molecule has 3 aromatic rings. The lowest BCUT2D eigenvalue weighted by molar-refractivity contribution is 0.0906. The molecule has 3 aromatic heterocycles. The summed E-state index contributed by atoms with van der Waals surface area (Å²) >= 11 is 0. The number of H-pyrrole nitrogens is 1. The van der Waals surface area contributed by atoms with E-state index in [1.165, 1.54) is 12.6 Å². The third kappa shape index (κ3) is 5.25. The number of sulfone groups is 1. The predicted octanol–water partition coefficient (Wildman–Crippen LogP) is 1.79. The van der Waals surface area contributed by atoms with E-state index in [0.717, 1.165) is 54.0 Å². The maximum atomic E-state index is 13.1. The Labute approximate surface area is 193 Å². The second-order valence-electron chi connectivity index (χ2n) is 9.17. The summed E-state index contributed by atoms with van der Waals surface area (Å²) < 4.78 is 24.5. The molecule has 0 atom stereocenters.